The molecule has 0 aliphatic rings. The van der Waals surface area contributed by atoms with E-state index in [1.807, 2.05) is 0 Å². The van der Waals surface area contributed by atoms with Crippen LogP contribution in [0.15, 0.2) is 320 Å². The average molecular weight is 1050 g/mol. The zero-order valence-corrected chi connectivity index (χ0v) is 45.4. The van der Waals surface area contributed by atoms with Crippen LogP contribution < -0.4 is 0 Å². The number of hydrogen-bond donors (Lipinski definition) is 0. The zero-order valence-electron chi connectivity index (χ0n) is 45.4. The van der Waals surface area contributed by atoms with Crippen molar-refractivity contribution in [1.82, 2.24) is 0 Å². The Morgan fingerprint density at radius 3 is 1.11 bits per heavy atom. The maximum Gasteiger partial charge on any atom is 0.143 e. The predicted octanol–water partition coefficient (Wildman–Crippen LogP) is 23.3. The molecule has 0 bridgehead atoms. The van der Waals surface area contributed by atoms with Crippen LogP contribution >= 0.6 is 0 Å². The molecule has 17 rings (SSSR count). The molecular weight excluding hydrogens is 1000 g/mol. The van der Waals surface area contributed by atoms with Gasteiger partial charge in [-0.15, -0.1) is 0 Å². The summed E-state index contributed by atoms with van der Waals surface area (Å²) in [6.45, 7) is 0. The fourth-order valence-corrected chi connectivity index (χ4v) is 13.3. The van der Waals surface area contributed by atoms with Crippen molar-refractivity contribution in [3.8, 4) is 66.8 Å². The minimum Gasteiger partial charge on any atom is -0.455 e. The van der Waals surface area contributed by atoms with Gasteiger partial charge in [-0.2, -0.15) is 0 Å². The van der Waals surface area contributed by atoms with Crippen LogP contribution in [0.3, 0.4) is 0 Å². The molecule has 0 saturated carbocycles. The standard InChI is InChI=1S/C42H26O.C40H26/c1-2-11-27(12-3-1)28-21-23-30(24-22-28)39-32-15-6-8-17-34(32)40(35-18-9-7-16-33(35)39)36-19-10-20-38-41(36)37-26-25-29-13-4-5-14-31(29)42(37)43-38;1-2-12-31-26-32(25-22-27(31)10-1)28-20-23-30(24-21-28)39-35-15-5-7-17-37(35)40(38-18-8-6-16-36(38)39)34-19-9-13-29-11-3-4-14-33(29)34/h1-26H;1-26H. The van der Waals surface area contributed by atoms with Gasteiger partial charge < -0.3 is 4.42 Å². The van der Waals surface area contributed by atoms with Crippen molar-refractivity contribution in [2.45, 2.75) is 0 Å². The molecule has 0 unspecified atom stereocenters. The summed E-state index contributed by atoms with van der Waals surface area (Å²) >= 11 is 0. The van der Waals surface area contributed by atoms with E-state index in [0.717, 1.165) is 21.9 Å². The first-order chi connectivity index (χ1) is 41.2. The van der Waals surface area contributed by atoms with Gasteiger partial charge in [-0.05, 0) is 155 Å². The van der Waals surface area contributed by atoms with Crippen LogP contribution in [-0.4, -0.2) is 0 Å². The third-order valence-corrected chi connectivity index (χ3v) is 17.1. The fourth-order valence-electron chi connectivity index (χ4n) is 13.3. The average Bonchev–Trinajstić information content (AvgIpc) is 2.29. The van der Waals surface area contributed by atoms with Gasteiger partial charge in [0.05, 0.1) is 0 Å². The number of rotatable bonds is 6. The molecule has 0 spiro atoms. The zero-order chi connectivity index (χ0) is 54.8. The van der Waals surface area contributed by atoms with Crippen LogP contribution in [-0.2, 0) is 0 Å². The molecule has 0 amide bonds. The molecule has 0 aliphatic heterocycles. The van der Waals surface area contributed by atoms with E-state index >= 15 is 0 Å². The van der Waals surface area contributed by atoms with E-state index in [-0.39, 0.29) is 0 Å². The first-order valence-electron chi connectivity index (χ1n) is 28.6. The molecule has 0 fully saturated rings. The van der Waals surface area contributed by atoms with Crippen molar-refractivity contribution >= 4 is 97.3 Å². The minimum atomic E-state index is 0.914. The SMILES string of the molecule is c1ccc(-c2ccc(-c3c4ccccc4c(-c4cccc5oc6c7ccccc7ccc6c45)c4ccccc34)cc2)cc1.c1ccc2cc(-c3ccc(-c4c5ccccc5c(-c5cccc6ccccc56)c5ccccc45)cc3)ccc2c1. The Hall–Kier alpha value is -10.9. The highest BCUT2D eigenvalue weighted by Gasteiger charge is 2.22. The van der Waals surface area contributed by atoms with Gasteiger partial charge in [-0.3, -0.25) is 0 Å². The van der Waals surface area contributed by atoms with Crippen molar-refractivity contribution in [3.05, 3.63) is 315 Å². The summed E-state index contributed by atoms with van der Waals surface area (Å²) in [7, 11) is 0. The molecule has 0 saturated heterocycles. The second-order valence-corrected chi connectivity index (χ2v) is 21.7. The van der Waals surface area contributed by atoms with Gasteiger partial charge in [0.15, 0.2) is 0 Å². The molecule has 386 valence electrons. The molecule has 0 radical (unpaired) electrons. The number of benzene rings is 16. The Morgan fingerprint density at radius 2 is 0.542 bits per heavy atom. The van der Waals surface area contributed by atoms with Crippen molar-refractivity contribution in [1.29, 1.82) is 0 Å². The smallest absolute Gasteiger partial charge is 0.143 e. The topological polar surface area (TPSA) is 13.1 Å². The van der Waals surface area contributed by atoms with Crippen LogP contribution in [0.1, 0.15) is 0 Å². The molecule has 1 heterocycles. The van der Waals surface area contributed by atoms with E-state index in [4.69, 9.17) is 4.42 Å². The summed E-state index contributed by atoms with van der Waals surface area (Å²) < 4.78 is 6.59. The largest absolute Gasteiger partial charge is 0.455 e. The molecular formula is C82H52O. The second kappa shape index (κ2) is 20.0. The van der Waals surface area contributed by atoms with Crippen LogP contribution in [0.4, 0.5) is 0 Å². The van der Waals surface area contributed by atoms with Crippen LogP contribution in [0, 0.1) is 0 Å². The lowest BCUT2D eigenvalue weighted by molar-refractivity contribution is 0.673. The minimum absolute atomic E-state index is 0.914. The van der Waals surface area contributed by atoms with Crippen LogP contribution in [0.5, 0.6) is 0 Å². The van der Waals surface area contributed by atoms with Gasteiger partial charge in [0.25, 0.3) is 0 Å². The fraction of sp³-hybridized carbons (Fsp3) is 0. The molecule has 1 heteroatoms. The summed E-state index contributed by atoms with van der Waals surface area (Å²) in [5.41, 5.74) is 16.8. The highest BCUT2D eigenvalue weighted by molar-refractivity contribution is 6.28. The van der Waals surface area contributed by atoms with E-state index in [1.165, 1.54) is 142 Å². The van der Waals surface area contributed by atoms with Gasteiger partial charge in [-0.25, -0.2) is 0 Å². The summed E-state index contributed by atoms with van der Waals surface area (Å²) in [5.74, 6) is 0. The third-order valence-electron chi connectivity index (χ3n) is 17.1. The van der Waals surface area contributed by atoms with Gasteiger partial charge in [0, 0.05) is 16.2 Å². The van der Waals surface area contributed by atoms with Crippen LogP contribution in [0.2, 0.25) is 0 Å². The van der Waals surface area contributed by atoms with E-state index in [9.17, 15) is 0 Å². The normalized spacial score (nSPS) is 11.6. The Bertz CT molecular complexity index is 5240. The van der Waals surface area contributed by atoms with Crippen molar-refractivity contribution < 1.29 is 4.42 Å². The van der Waals surface area contributed by atoms with Crippen molar-refractivity contribution in [3.63, 3.8) is 0 Å². The summed E-state index contributed by atoms with van der Waals surface area (Å²) in [5, 5.41) is 19.8. The van der Waals surface area contributed by atoms with E-state index in [0.29, 0.717) is 0 Å². The Labute approximate surface area is 481 Å². The lowest BCUT2D eigenvalue weighted by Crippen LogP contribution is -1.91. The summed E-state index contributed by atoms with van der Waals surface area (Å²) in [6, 6.07) is 114. The lowest BCUT2D eigenvalue weighted by Gasteiger charge is -2.19. The molecule has 1 aromatic heterocycles. The van der Waals surface area contributed by atoms with E-state index in [1.54, 1.807) is 0 Å². The highest BCUT2D eigenvalue weighted by Crippen LogP contribution is 2.49. The molecule has 0 aliphatic carbocycles. The van der Waals surface area contributed by atoms with Gasteiger partial charge in [0.1, 0.15) is 11.2 Å². The van der Waals surface area contributed by atoms with Gasteiger partial charge in [-0.1, -0.05) is 297 Å². The number of furan rings is 1. The van der Waals surface area contributed by atoms with E-state index < -0.39 is 0 Å². The molecule has 83 heavy (non-hydrogen) atoms. The number of hydrogen-bond acceptors (Lipinski definition) is 1. The molecule has 1 nitrogen and oxygen atoms in total. The lowest BCUT2D eigenvalue weighted by atomic mass is 9.84. The van der Waals surface area contributed by atoms with Crippen molar-refractivity contribution in [2.75, 3.05) is 0 Å². The van der Waals surface area contributed by atoms with Crippen molar-refractivity contribution in [2.24, 2.45) is 0 Å². The van der Waals surface area contributed by atoms with E-state index in [2.05, 4.69) is 315 Å². The Morgan fingerprint density at radius 1 is 0.181 bits per heavy atom. The first-order valence-corrected chi connectivity index (χ1v) is 28.6. The monoisotopic (exact) mass is 1050 g/mol. The Kier molecular flexibility index (Phi) is 11.6. The predicted molar refractivity (Wildman–Crippen MR) is 355 cm³/mol. The highest BCUT2D eigenvalue weighted by atomic mass is 16.3. The molecule has 0 atom stereocenters. The van der Waals surface area contributed by atoms with Gasteiger partial charge in [0.2, 0.25) is 0 Å². The van der Waals surface area contributed by atoms with Gasteiger partial charge >= 0.3 is 0 Å². The quantitative estimate of drug-likeness (QED) is 0.151. The molecule has 0 N–H and O–H groups in total. The maximum atomic E-state index is 6.59. The summed E-state index contributed by atoms with van der Waals surface area (Å²) in [4.78, 5) is 0. The molecule has 17 aromatic rings. The maximum absolute atomic E-state index is 6.59. The van der Waals surface area contributed by atoms with Crippen LogP contribution in [0.25, 0.3) is 164 Å². The third kappa shape index (κ3) is 8.16. The summed E-state index contributed by atoms with van der Waals surface area (Å²) in [6.07, 6.45) is 0. The number of fused-ring (bicyclic) bond motifs is 11. The first kappa shape index (κ1) is 48.1. The Balaban J connectivity index is 0.000000137. The molecule has 16 aromatic carbocycles. The second-order valence-electron chi connectivity index (χ2n) is 21.7.